The van der Waals surface area contributed by atoms with Crippen molar-refractivity contribution in [2.45, 2.75) is 276 Å². The Morgan fingerprint density at radius 3 is 1.43 bits per heavy atom. The zero-order valence-corrected chi connectivity index (χ0v) is 37.7. The smallest absolute Gasteiger partial charge is 0.306 e. The van der Waals surface area contributed by atoms with Crippen molar-refractivity contribution < 1.29 is 19.4 Å². The molecule has 4 heteroatoms. The van der Waals surface area contributed by atoms with Crippen LogP contribution in [0.4, 0.5) is 0 Å². The van der Waals surface area contributed by atoms with Gasteiger partial charge < -0.3 is 14.6 Å². The molecule has 56 heavy (non-hydrogen) atoms. The van der Waals surface area contributed by atoms with E-state index in [-0.39, 0.29) is 12.1 Å². The van der Waals surface area contributed by atoms with Gasteiger partial charge in [0.05, 0.1) is 17.5 Å². The Morgan fingerprint density at radius 1 is 0.554 bits per heavy atom. The minimum absolute atomic E-state index is 0.0596. The van der Waals surface area contributed by atoms with E-state index in [1.165, 1.54) is 154 Å². The molecule has 1 N–H and O–H groups in total. The largest absolute Gasteiger partial charge is 0.495 e. The lowest BCUT2D eigenvalue weighted by atomic mass is 9.82. The van der Waals surface area contributed by atoms with E-state index >= 15 is 0 Å². The van der Waals surface area contributed by atoms with E-state index in [1.807, 2.05) is 0 Å². The van der Waals surface area contributed by atoms with Crippen molar-refractivity contribution in [2.75, 3.05) is 0 Å². The van der Waals surface area contributed by atoms with Gasteiger partial charge >= 0.3 is 5.97 Å². The summed E-state index contributed by atoms with van der Waals surface area (Å²) < 4.78 is 12.9. The molecule has 4 nitrogen and oxygen atoms in total. The number of fused-ring (bicyclic) bond motifs is 2. The zero-order chi connectivity index (χ0) is 39.9. The third-order valence-electron chi connectivity index (χ3n) is 15.5. The molecule has 4 aliphatic carbocycles. The summed E-state index contributed by atoms with van der Waals surface area (Å²) in [6.45, 7) is 11.2. The van der Waals surface area contributed by atoms with Gasteiger partial charge in [-0.2, -0.15) is 0 Å². The second-order valence-corrected chi connectivity index (χ2v) is 20.3. The van der Waals surface area contributed by atoms with Gasteiger partial charge in [-0.1, -0.05) is 143 Å². The summed E-state index contributed by atoms with van der Waals surface area (Å²) in [6.07, 6.45) is 44.7. The molecule has 0 radical (unpaired) electrons. The van der Waals surface area contributed by atoms with Crippen LogP contribution in [-0.2, 0) is 14.3 Å². The van der Waals surface area contributed by atoms with E-state index in [2.05, 4.69) is 27.4 Å². The van der Waals surface area contributed by atoms with E-state index in [0.29, 0.717) is 25.4 Å². The second kappa shape index (κ2) is 27.7. The highest BCUT2D eigenvalue weighted by Crippen LogP contribution is 2.48. The molecule has 0 bridgehead atoms. The van der Waals surface area contributed by atoms with Crippen molar-refractivity contribution in [1.29, 1.82) is 0 Å². The molecule has 0 aromatic heterocycles. The summed E-state index contributed by atoms with van der Waals surface area (Å²) in [6, 6.07) is 0. The lowest BCUT2D eigenvalue weighted by Crippen LogP contribution is -2.29. The van der Waals surface area contributed by atoms with E-state index in [1.54, 1.807) is 0 Å². The third kappa shape index (κ3) is 18.5. The number of carbonyl (C=O) groups excluding carboxylic acids is 1. The molecule has 4 rings (SSSR count). The van der Waals surface area contributed by atoms with Gasteiger partial charge in [0.25, 0.3) is 0 Å². The van der Waals surface area contributed by atoms with Gasteiger partial charge in [-0.05, 0) is 145 Å². The zero-order valence-electron chi connectivity index (χ0n) is 37.7. The molecule has 0 aliphatic heterocycles. The monoisotopic (exact) mass is 783 g/mol. The first-order valence-corrected chi connectivity index (χ1v) is 25.6. The highest BCUT2D eigenvalue weighted by atomic mass is 16.5. The molecule has 5 unspecified atom stereocenters. The van der Waals surface area contributed by atoms with Crippen LogP contribution < -0.4 is 0 Å². The predicted octanol–water partition coefficient (Wildman–Crippen LogP) is 15.8. The summed E-state index contributed by atoms with van der Waals surface area (Å²) >= 11 is 0. The van der Waals surface area contributed by atoms with Gasteiger partial charge in [-0.3, -0.25) is 4.79 Å². The third-order valence-corrected chi connectivity index (χ3v) is 15.5. The standard InChI is InChI=1S/C52H94O4/c1-5-8-11-13-15-28-49(29-16-14-12-9-6-2)56-51(53)30-22-37-52(54,35-10-7-3)36-21-23-42(4)55-50(33-31-43-38-45-24-17-18-25-46(45)39-43)34-32-44-40-47-26-19-20-27-48(47)41-44/h43-50,54H,4-41H2,1-3H3. The van der Waals surface area contributed by atoms with Gasteiger partial charge in [0.15, 0.2) is 0 Å². The van der Waals surface area contributed by atoms with Crippen molar-refractivity contribution in [1.82, 2.24) is 0 Å². The minimum Gasteiger partial charge on any atom is -0.495 e. The summed E-state index contributed by atoms with van der Waals surface area (Å²) in [4.78, 5) is 13.1. The molecule has 0 saturated heterocycles. The Bertz CT molecular complexity index is 962. The van der Waals surface area contributed by atoms with Gasteiger partial charge in [0.2, 0.25) is 0 Å². The molecule has 326 valence electrons. The number of ether oxygens (including phenoxy) is 2. The van der Waals surface area contributed by atoms with Crippen molar-refractivity contribution in [3.05, 3.63) is 12.3 Å². The Labute approximate surface area is 348 Å². The van der Waals surface area contributed by atoms with Crippen LogP contribution in [0.25, 0.3) is 0 Å². The van der Waals surface area contributed by atoms with Crippen LogP contribution in [0.5, 0.6) is 0 Å². The SMILES string of the molecule is C=C(CCCC(O)(CCCC)CCCC(=O)OC(CCCCCCC)CCCCCCC)OC(CCC1CC2CCCCC2C1)CCC1CC2CCCCC2C1. The Kier molecular flexibility index (Phi) is 23.5. The fraction of sp³-hybridized carbons (Fsp3) is 0.942. The number of hydrogen-bond acceptors (Lipinski definition) is 4. The second-order valence-electron chi connectivity index (χ2n) is 20.3. The fourth-order valence-corrected chi connectivity index (χ4v) is 12.1. The van der Waals surface area contributed by atoms with Crippen molar-refractivity contribution in [3.63, 3.8) is 0 Å². The van der Waals surface area contributed by atoms with E-state index < -0.39 is 5.60 Å². The first-order chi connectivity index (χ1) is 27.3. The lowest BCUT2D eigenvalue weighted by molar-refractivity contribution is -0.150. The molecule has 5 atom stereocenters. The van der Waals surface area contributed by atoms with Crippen LogP contribution in [0, 0.1) is 35.5 Å². The summed E-state index contributed by atoms with van der Waals surface area (Å²) in [5, 5.41) is 11.9. The van der Waals surface area contributed by atoms with Gasteiger partial charge in [-0.15, -0.1) is 0 Å². The molecule has 4 saturated carbocycles. The summed E-state index contributed by atoms with van der Waals surface area (Å²) in [5.41, 5.74) is -0.730. The number of unbranched alkanes of at least 4 members (excludes halogenated alkanes) is 9. The highest BCUT2D eigenvalue weighted by molar-refractivity contribution is 5.69. The van der Waals surface area contributed by atoms with Gasteiger partial charge in [0.1, 0.15) is 6.10 Å². The molecular formula is C52H94O4. The quantitative estimate of drug-likeness (QED) is 0.0419. The number of hydrogen-bond donors (Lipinski definition) is 1. The number of allylic oxidation sites excluding steroid dienone is 1. The van der Waals surface area contributed by atoms with Crippen LogP contribution in [0.15, 0.2) is 12.3 Å². The maximum absolute atomic E-state index is 13.1. The Morgan fingerprint density at radius 2 is 0.964 bits per heavy atom. The van der Waals surface area contributed by atoms with Crippen LogP contribution in [0.2, 0.25) is 0 Å². The minimum atomic E-state index is -0.730. The molecule has 0 amide bonds. The topological polar surface area (TPSA) is 55.8 Å². The number of rotatable bonds is 32. The average Bonchev–Trinajstić information content (AvgIpc) is 3.81. The Hall–Kier alpha value is -1.03. The van der Waals surface area contributed by atoms with E-state index in [4.69, 9.17) is 9.47 Å². The lowest BCUT2D eigenvalue weighted by Gasteiger charge is -2.29. The van der Waals surface area contributed by atoms with Gasteiger partial charge in [-0.25, -0.2) is 0 Å². The molecule has 0 spiro atoms. The Balaban J connectivity index is 1.21. The molecule has 0 aromatic rings. The van der Waals surface area contributed by atoms with Gasteiger partial charge in [0, 0.05) is 12.8 Å². The predicted molar refractivity (Wildman–Crippen MR) is 238 cm³/mol. The molecule has 4 fully saturated rings. The van der Waals surface area contributed by atoms with Crippen LogP contribution >= 0.6 is 0 Å². The highest BCUT2D eigenvalue weighted by Gasteiger charge is 2.37. The van der Waals surface area contributed by atoms with Crippen LogP contribution in [-0.4, -0.2) is 28.9 Å². The van der Waals surface area contributed by atoms with Crippen molar-refractivity contribution >= 4 is 5.97 Å². The van der Waals surface area contributed by atoms with Crippen molar-refractivity contribution in [3.8, 4) is 0 Å². The maximum Gasteiger partial charge on any atom is 0.306 e. The normalized spacial score (nSPS) is 26.4. The number of carbonyl (C=O) groups is 1. The maximum atomic E-state index is 13.1. The van der Waals surface area contributed by atoms with Crippen molar-refractivity contribution in [2.24, 2.45) is 35.5 Å². The average molecular weight is 783 g/mol. The molecule has 0 aromatic carbocycles. The molecule has 0 heterocycles. The molecular weight excluding hydrogens is 689 g/mol. The fourth-order valence-electron chi connectivity index (χ4n) is 12.1. The molecule has 4 aliphatic rings. The first kappa shape index (κ1) is 47.6. The number of esters is 1. The summed E-state index contributed by atoms with van der Waals surface area (Å²) in [5.74, 6) is 6.72. The van der Waals surface area contributed by atoms with E-state index in [0.717, 1.165) is 105 Å². The number of aliphatic hydroxyl groups is 1. The van der Waals surface area contributed by atoms with Crippen LogP contribution in [0.1, 0.15) is 258 Å². The van der Waals surface area contributed by atoms with Crippen LogP contribution in [0.3, 0.4) is 0 Å². The summed E-state index contributed by atoms with van der Waals surface area (Å²) in [7, 11) is 0. The van der Waals surface area contributed by atoms with E-state index in [9.17, 15) is 9.90 Å². The first-order valence-electron chi connectivity index (χ1n) is 25.6.